The first-order valence-electron chi connectivity index (χ1n) is 5.56. The van der Waals surface area contributed by atoms with E-state index in [0.717, 1.165) is 10.5 Å². The summed E-state index contributed by atoms with van der Waals surface area (Å²) < 4.78 is 4.96. The molecule has 0 bridgehead atoms. The molecule has 6 nitrogen and oxygen atoms in total. The van der Waals surface area contributed by atoms with Gasteiger partial charge < -0.3 is 9.84 Å². The molecule has 0 spiro atoms. The van der Waals surface area contributed by atoms with Crippen LogP contribution < -0.4 is 0 Å². The number of carbonyl (C=O) groups is 2. The third kappa shape index (κ3) is 1.89. The Morgan fingerprint density at radius 2 is 2.17 bits per heavy atom. The van der Waals surface area contributed by atoms with E-state index < -0.39 is 17.9 Å². The van der Waals surface area contributed by atoms with E-state index in [1.165, 1.54) is 6.20 Å². The molecule has 1 atom stereocenters. The Bertz CT molecular complexity index is 501. The highest BCUT2D eigenvalue weighted by molar-refractivity contribution is 6.20. The van der Waals surface area contributed by atoms with Crippen molar-refractivity contribution in [2.75, 3.05) is 13.7 Å². The highest BCUT2D eigenvalue weighted by Crippen LogP contribution is 2.23. The first kappa shape index (κ1) is 12.7. The molecule has 0 unspecified atom stereocenters. The monoisotopic (exact) mass is 250 g/mol. The lowest BCUT2D eigenvalue weighted by molar-refractivity contribution is 0.0535. The minimum atomic E-state index is -0.551. The maximum atomic E-state index is 12.1. The standard InChI is InChI=1S/C12H14N2O4/c1-7(5-15)14-11(16)9-3-8(6-18-2)4-13-10(9)12(14)17/h3-4,7,15H,5-6H2,1-2H3/t7-/m0/s1. The van der Waals surface area contributed by atoms with Gasteiger partial charge in [0.05, 0.1) is 24.8 Å². The summed E-state index contributed by atoms with van der Waals surface area (Å²) in [5.74, 6) is -0.873. The average molecular weight is 250 g/mol. The van der Waals surface area contributed by atoms with E-state index in [1.807, 2.05) is 0 Å². The summed E-state index contributed by atoms with van der Waals surface area (Å²) in [4.78, 5) is 29.1. The van der Waals surface area contributed by atoms with Crippen LogP contribution in [-0.4, -0.2) is 46.6 Å². The van der Waals surface area contributed by atoms with Crippen LogP contribution in [0.4, 0.5) is 0 Å². The molecule has 1 aromatic heterocycles. The number of hydrogen-bond donors (Lipinski definition) is 1. The number of methoxy groups -OCH3 is 1. The number of aromatic nitrogens is 1. The van der Waals surface area contributed by atoms with E-state index in [9.17, 15) is 9.59 Å². The summed E-state index contributed by atoms with van der Waals surface area (Å²) in [5.41, 5.74) is 1.14. The molecule has 0 aliphatic carbocycles. The molecule has 6 heteroatoms. The first-order valence-corrected chi connectivity index (χ1v) is 5.56. The number of aliphatic hydroxyl groups excluding tert-OH is 1. The number of pyridine rings is 1. The van der Waals surface area contributed by atoms with Crippen molar-refractivity contribution >= 4 is 11.8 Å². The predicted octanol–water partition coefficient (Wildman–Crippen LogP) is 0.205. The molecule has 0 saturated heterocycles. The lowest BCUT2D eigenvalue weighted by Gasteiger charge is -2.19. The number of carbonyl (C=O) groups excluding carboxylic acids is 2. The minimum Gasteiger partial charge on any atom is -0.394 e. The topological polar surface area (TPSA) is 79.7 Å². The van der Waals surface area contributed by atoms with Crippen LogP contribution in [-0.2, 0) is 11.3 Å². The number of imide groups is 1. The van der Waals surface area contributed by atoms with Crippen LogP contribution in [0.1, 0.15) is 33.3 Å². The summed E-state index contributed by atoms with van der Waals surface area (Å²) in [5, 5.41) is 9.06. The Balaban J connectivity index is 2.39. The molecule has 0 radical (unpaired) electrons. The van der Waals surface area contributed by atoms with Crippen LogP contribution in [0.3, 0.4) is 0 Å². The maximum absolute atomic E-state index is 12.1. The smallest absolute Gasteiger partial charge is 0.280 e. The fourth-order valence-corrected chi connectivity index (χ4v) is 1.91. The van der Waals surface area contributed by atoms with Gasteiger partial charge >= 0.3 is 0 Å². The molecule has 1 aliphatic heterocycles. The highest BCUT2D eigenvalue weighted by Gasteiger charge is 2.39. The number of amides is 2. The van der Waals surface area contributed by atoms with Gasteiger partial charge in [-0.05, 0) is 18.6 Å². The highest BCUT2D eigenvalue weighted by atomic mass is 16.5. The van der Waals surface area contributed by atoms with Gasteiger partial charge in [0.2, 0.25) is 0 Å². The summed E-state index contributed by atoms with van der Waals surface area (Å²) in [6.45, 7) is 1.67. The lowest BCUT2D eigenvalue weighted by atomic mass is 10.1. The fraction of sp³-hybridized carbons (Fsp3) is 0.417. The zero-order valence-corrected chi connectivity index (χ0v) is 10.2. The van der Waals surface area contributed by atoms with E-state index in [1.54, 1.807) is 20.1 Å². The molecule has 0 aromatic carbocycles. The van der Waals surface area contributed by atoms with Crippen LogP contribution in [0.5, 0.6) is 0 Å². The van der Waals surface area contributed by atoms with Gasteiger partial charge in [0.15, 0.2) is 0 Å². The molecule has 0 fully saturated rings. The molecular weight excluding hydrogens is 236 g/mol. The van der Waals surface area contributed by atoms with Crippen molar-refractivity contribution < 1.29 is 19.4 Å². The van der Waals surface area contributed by atoms with Gasteiger partial charge in [-0.25, -0.2) is 4.98 Å². The number of aliphatic hydroxyl groups is 1. The molecule has 1 aromatic rings. The molecule has 96 valence electrons. The summed E-state index contributed by atoms with van der Waals surface area (Å²) >= 11 is 0. The molecule has 2 heterocycles. The minimum absolute atomic E-state index is 0.139. The quantitative estimate of drug-likeness (QED) is 0.772. The van der Waals surface area contributed by atoms with Crippen molar-refractivity contribution in [2.24, 2.45) is 0 Å². The van der Waals surface area contributed by atoms with E-state index in [0.29, 0.717) is 6.61 Å². The number of ether oxygens (including phenoxy) is 1. The zero-order valence-electron chi connectivity index (χ0n) is 10.2. The van der Waals surface area contributed by atoms with Gasteiger partial charge in [-0.2, -0.15) is 0 Å². The van der Waals surface area contributed by atoms with Crippen molar-refractivity contribution in [1.29, 1.82) is 0 Å². The number of fused-ring (bicyclic) bond motifs is 1. The van der Waals surface area contributed by atoms with Crippen LogP contribution in [0.15, 0.2) is 12.3 Å². The first-order chi connectivity index (χ1) is 8.60. The fourth-order valence-electron chi connectivity index (χ4n) is 1.91. The Labute approximate surface area is 104 Å². The van der Waals surface area contributed by atoms with Crippen LogP contribution in [0.25, 0.3) is 0 Å². The molecule has 1 N–H and O–H groups in total. The van der Waals surface area contributed by atoms with Crippen LogP contribution >= 0.6 is 0 Å². The zero-order chi connectivity index (χ0) is 13.3. The lowest BCUT2D eigenvalue weighted by Crippen LogP contribution is -2.40. The predicted molar refractivity (Wildman–Crippen MR) is 62.0 cm³/mol. The summed E-state index contributed by atoms with van der Waals surface area (Å²) in [7, 11) is 1.54. The Kier molecular flexibility index (Phi) is 3.40. The van der Waals surface area contributed by atoms with Gasteiger partial charge in [0.1, 0.15) is 5.69 Å². The van der Waals surface area contributed by atoms with Gasteiger partial charge in [-0.3, -0.25) is 14.5 Å². The van der Waals surface area contributed by atoms with E-state index in [2.05, 4.69) is 4.98 Å². The van der Waals surface area contributed by atoms with Crippen molar-refractivity contribution in [2.45, 2.75) is 19.6 Å². The Hall–Kier alpha value is -1.79. The van der Waals surface area contributed by atoms with E-state index >= 15 is 0 Å². The summed E-state index contributed by atoms with van der Waals surface area (Å²) in [6.07, 6.45) is 1.51. The van der Waals surface area contributed by atoms with Gasteiger partial charge in [-0.1, -0.05) is 0 Å². The molecule has 1 aliphatic rings. The second-order valence-electron chi connectivity index (χ2n) is 4.18. The van der Waals surface area contributed by atoms with Gasteiger partial charge in [-0.15, -0.1) is 0 Å². The average Bonchev–Trinajstić information content (AvgIpc) is 2.61. The molecule has 2 rings (SSSR count). The van der Waals surface area contributed by atoms with Gasteiger partial charge in [0.25, 0.3) is 11.8 Å². The molecular formula is C12H14N2O4. The van der Waals surface area contributed by atoms with E-state index in [-0.39, 0.29) is 17.9 Å². The van der Waals surface area contributed by atoms with Crippen LogP contribution in [0, 0.1) is 0 Å². The van der Waals surface area contributed by atoms with Crippen molar-refractivity contribution in [3.8, 4) is 0 Å². The molecule has 18 heavy (non-hydrogen) atoms. The normalized spacial score (nSPS) is 16.1. The van der Waals surface area contributed by atoms with Crippen LogP contribution in [0.2, 0.25) is 0 Å². The SMILES string of the molecule is COCc1cnc2c(c1)C(=O)N([C@@H](C)CO)C2=O. The number of rotatable bonds is 4. The molecule has 0 saturated carbocycles. The van der Waals surface area contributed by atoms with E-state index in [4.69, 9.17) is 9.84 Å². The third-order valence-corrected chi connectivity index (χ3v) is 2.83. The largest absolute Gasteiger partial charge is 0.394 e. The molecule has 2 amide bonds. The second-order valence-corrected chi connectivity index (χ2v) is 4.18. The van der Waals surface area contributed by atoms with Crippen molar-refractivity contribution in [3.05, 3.63) is 29.1 Å². The Morgan fingerprint density at radius 1 is 1.44 bits per heavy atom. The number of hydrogen-bond acceptors (Lipinski definition) is 5. The number of nitrogens with zero attached hydrogens (tertiary/aromatic N) is 2. The second kappa shape index (κ2) is 4.83. The van der Waals surface area contributed by atoms with Crippen molar-refractivity contribution in [1.82, 2.24) is 9.88 Å². The summed E-state index contributed by atoms with van der Waals surface area (Å²) in [6, 6.07) is 1.06. The van der Waals surface area contributed by atoms with Crippen molar-refractivity contribution in [3.63, 3.8) is 0 Å². The Morgan fingerprint density at radius 3 is 2.78 bits per heavy atom. The maximum Gasteiger partial charge on any atom is 0.280 e. The van der Waals surface area contributed by atoms with Gasteiger partial charge in [0, 0.05) is 13.3 Å². The third-order valence-electron chi connectivity index (χ3n) is 2.83.